The molecule has 6 heteroatoms. The van der Waals surface area contributed by atoms with Gasteiger partial charge in [-0.3, -0.25) is 0 Å². The van der Waals surface area contributed by atoms with Crippen LogP contribution >= 0.6 is 11.6 Å². The third kappa shape index (κ3) is 3.15. The van der Waals surface area contributed by atoms with Gasteiger partial charge in [-0.2, -0.15) is 0 Å². The van der Waals surface area contributed by atoms with Gasteiger partial charge in [0.2, 0.25) is 0 Å². The van der Waals surface area contributed by atoms with E-state index in [1.165, 1.54) is 30.3 Å². The van der Waals surface area contributed by atoms with Crippen LogP contribution in [0, 0.1) is 11.6 Å². The normalized spacial score (nSPS) is 23.7. The zero-order valence-corrected chi connectivity index (χ0v) is 13.0. The summed E-state index contributed by atoms with van der Waals surface area (Å²) in [5.74, 6) is -1.24. The molecule has 23 heavy (non-hydrogen) atoms. The molecule has 1 fully saturated rings. The molecule has 0 aromatic heterocycles. The second-order valence-electron chi connectivity index (χ2n) is 5.68. The largest absolute Gasteiger partial charge is 0.453 e. The molecule has 2 unspecified atom stereocenters. The van der Waals surface area contributed by atoms with E-state index in [-0.39, 0.29) is 10.8 Å². The molecule has 1 saturated heterocycles. The first kappa shape index (κ1) is 15.7. The van der Waals surface area contributed by atoms with Crippen molar-refractivity contribution in [2.75, 3.05) is 5.32 Å². The molecule has 120 valence electrons. The van der Waals surface area contributed by atoms with Crippen molar-refractivity contribution in [1.29, 1.82) is 0 Å². The van der Waals surface area contributed by atoms with Crippen molar-refractivity contribution in [1.82, 2.24) is 0 Å². The molecule has 0 spiro atoms. The third-order valence-electron chi connectivity index (χ3n) is 3.92. The summed E-state index contributed by atoms with van der Waals surface area (Å²) in [4.78, 5) is 12.1. The number of hydrogen-bond acceptors (Lipinski definition) is 3. The monoisotopic (exact) mass is 337 g/mol. The fourth-order valence-electron chi connectivity index (χ4n) is 2.69. The summed E-state index contributed by atoms with van der Waals surface area (Å²) in [7, 11) is 0. The van der Waals surface area contributed by atoms with Gasteiger partial charge in [0.05, 0.1) is 10.7 Å². The maximum atomic E-state index is 13.1. The second kappa shape index (κ2) is 5.81. The number of halogens is 3. The number of carbonyl (C=O) groups is 1. The molecular formula is C17H14ClF2NO2. The van der Waals surface area contributed by atoms with E-state index in [0.717, 1.165) is 0 Å². The first-order chi connectivity index (χ1) is 10.9. The Balaban J connectivity index is 1.80. The molecule has 1 heterocycles. The fraction of sp³-hybridized carbons (Fsp3) is 0.235. The van der Waals surface area contributed by atoms with E-state index in [1.54, 1.807) is 19.1 Å². The average Bonchev–Trinajstić information content (AvgIpc) is 2.78. The lowest BCUT2D eigenvalue weighted by atomic mass is 9.91. The van der Waals surface area contributed by atoms with Crippen molar-refractivity contribution in [3.05, 3.63) is 64.7 Å². The Hall–Kier alpha value is -2.14. The zero-order chi connectivity index (χ0) is 16.6. The molecule has 3 nitrogen and oxygen atoms in total. The highest BCUT2D eigenvalue weighted by atomic mass is 35.5. The smallest absolute Gasteiger partial charge is 0.329 e. The van der Waals surface area contributed by atoms with Crippen molar-refractivity contribution < 1.29 is 18.3 Å². The molecule has 3 rings (SSSR count). The standard InChI is InChI=1S/C17H14ClF2NO2/c1-17(10-2-4-11(19)5-3-10)9-15(16(22)23-17)21-14-7-6-12(20)8-13(14)18/h2-8,15,21H,9H2,1H3. The van der Waals surface area contributed by atoms with E-state index in [0.29, 0.717) is 17.7 Å². The van der Waals surface area contributed by atoms with E-state index in [9.17, 15) is 13.6 Å². The number of cyclic esters (lactones) is 1. The molecule has 0 saturated carbocycles. The molecule has 1 aliphatic rings. The summed E-state index contributed by atoms with van der Waals surface area (Å²) in [6.07, 6.45) is 0.352. The number of ether oxygens (including phenoxy) is 1. The molecule has 0 amide bonds. The minimum absolute atomic E-state index is 0.188. The minimum atomic E-state index is -0.852. The number of carbonyl (C=O) groups excluding carboxylic acids is 1. The SMILES string of the molecule is CC1(c2ccc(F)cc2)CC(Nc2ccc(F)cc2Cl)C(=O)O1. The summed E-state index contributed by atoms with van der Waals surface area (Å²) >= 11 is 5.96. The lowest BCUT2D eigenvalue weighted by Crippen LogP contribution is -2.25. The molecule has 1 aliphatic heterocycles. The molecule has 2 atom stereocenters. The van der Waals surface area contributed by atoms with E-state index in [2.05, 4.69) is 5.32 Å². The molecule has 0 bridgehead atoms. The highest BCUT2D eigenvalue weighted by molar-refractivity contribution is 6.33. The fourth-order valence-corrected chi connectivity index (χ4v) is 2.91. The number of nitrogens with one attached hydrogen (secondary N) is 1. The van der Waals surface area contributed by atoms with Crippen molar-refractivity contribution >= 4 is 23.3 Å². The van der Waals surface area contributed by atoms with Gasteiger partial charge in [0, 0.05) is 6.42 Å². The van der Waals surface area contributed by atoms with Crippen LogP contribution in [-0.4, -0.2) is 12.0 Å². The number of hydrogen-bond donors (Lipinski definition) is 1. The van der Waals surface area contributed by atoms with E-state index in [4.69, 9.17) is 16.3 Å². The molecular weight excluding hydrogens is 324 g/mol. The van der Waals surface area contributed by atoms with Crippen molar-refractivity contribution in [3.8, 4) is 0 Å². The van der Waals surface area contributed by atoms with Gasteiger partial charge in [-0.25, -0.2) is 13.6 Å². The molecule has 2 aromatic rings. The maximum Gasteiger partial charge on any atom is 0.329 e. The van der Waals surface area contributed by atoms with Crippen LogP contribution in [0.3, 0.4) is 0 Å². The Morgan fingerprint density at radius 1 is 1.17 bits per heavy atom. The van der Waals surface area contributed by atoms with E-state index >= 15 is 0 Å². The highest BCUT2D eigenvalue weighted by Crippen LogP contribution is 2.38. The summed E-state index contributed by atoms with van der Waals surface area (Å²) in [6.45, 7) is 1.77. The number of benzene rings is 2. The van der Waals surface area contributed by atoms with Gasteiger partial charge >= 0.3 is 5.97 Å². The van der Waals surface area contributed by atoms with Crippen LogP contribution in [0.1, 0.15) is 18.9 Å². The second-order valence-corrected chi connectivity index (χ2v) is 6.09. The van der Waals surface area contributed by atoms with Gasteiger partial charge in [0.15, 0.2) is 0 Å². The van der Waals surface area contributed by atoms with Crippen molar-refractivity contribution in [2.45, 2.75) is 25.0 Å². The molecule has 0 radical (unpaired) electrons. The van der Waals surface area contributed by atoms with Crippen LogP contribution in [0.2, 0.25) is 5.02 Å². The Bertz CT molecular complexity index is 751. The van der Waals surface area contributed by atoms with Gasteiger partial charge in [-0.05, 0) is 42.8 Å². The maximum absolute atomic E-state index is 13.1. The Labute approximate surface area is 137 Å². The van der Waals surface area contributed by atoms with Gasteiger partial charge in [0.25, 0.3) is 0 Å². The zero-order valence-electron chi connectivity index (χ0n) is 12.3. The average molecular weight is 338 g/mol. The topological polar surface area (TPSA) is 38.3 Å². The van der Waals surface area contributed by atoms with Crippen molar-refractivity contribution in [2.24, 2.45) is 0 Å². The number of rotatable bonds is 3. The van der Waals surface area contributed by atoms with E-state index in [1.807, 2.05) is 0 Å². The van der Waals surface area contributed by atoms with Crippen LogP contribution in [0.25, 0.3) is 0 Å². The van der Waals surface area contributed by atoms with Gasteiger partial charge in [0.1, 0.15) is 23.3 Å². The summed E-state index contributed by atoms with van der Waals surface area (Å²) in [5.41, 5.74) is 0.315. The molecule has 1 N–H and O–H groups in total. The first-order valence-electron chi connectivity index (χ1n) is 7.08. The Morgan fingerprint density at radius 2 is 1.83 bits per heavy atom. The van der Waals surface area contributed by atoms with Gasteiger partial charge in [-0.1, -0.05) is 23.7 Å². The Morgan fingerprint density at radius 3 is 2.48 bits per heavy atom. The van der Waals surface area contributed by atoms with Crippen LogP contribution < -0.4 is 5.32 Å². The third-order valence-corrected chi connectivity index (χ3v) is 4.23. The van der Waals surface area contributed by atoms with Gasteiger partial charge in [-0.15, -0.1) is 0 Å². The first-order valence-corrected chi connectivity index (χ1v) is 7.46. The van der Waals surface area contributed by atoms with Gasteiger partial charge < -0.3 is 10.1 Å². The lowest BCUT2D eigenvalue weighted by Gasteiger charge is -2.23. The van der Waals surface area contributed by atoms with Crippen LogP contribution in [-0.2, 0) is 15.1 Å². The predicted molar refractivity (Wildman–Crippen MR) is 83.3 cm³/mol. The molecule has 0 aliphatic carbocycles. The molecule has 2 aromatic carbocycles. The van der Waals surface area contributed by atoms with Crippen molar-refractivity contribution in [3.63, 3.8) is 0 Å². The summed E-state index contributed by atoms with van der Waals surface area (Å²) in [6, 6.07) is 9.12. The van der Waals surface area contributed by atoms with Crippen LogP contribution in [0.4, 0.5) is 14.5 Å². The predicted octanol–water partition coefficient (Wildman–Crippen LogP) is 4.26. The number of anilines is 1. The number of esters is 1. The highest BCUT2D eigenvalue weighted by Gasteiger charge is 2.44. The van der Waals surface area contributed by atoms with Crippen LogP contribution in [0.5, 0.6) is 0 Å². The van der Waals surface area contributed by atoms with Crippen LogP contribution in [0.15, 0.2) is 42.5 Å². The summed E-state index contributed by atoms with van der Waals surface area (Å²) in [5, 5.41) is 3.16. The minimum Gasteiger partial charge on any atom is -0.453 e. The Kier molecular flexibility index (Phi) is 3.98. The lowest BCUT2D eigenvalue weighted by molar-refractivity contribution is -0.148. The summed E-state index contributed by atoms with van der Waals surface area (Å²) < 4.78 is 31.6. The van der Waals surface area contributed by atoms with E-state index < -0.39 is 23.4 Å². The quantitative estimate of drug-likeness (QED) is 0.850.